The summed E-state index contributed by atoms with van der Waals surface area (Å²) >= 11 is 0. The van der Waals surface area contributed by atoms with Crippen molar-refractivity contribution in [3.63, 3.8) is 0 Å². The number of hydrogen-bond acceptors (Lipinski definition) is 0. The van der Waals surface area contributed by atoms with Crippen molar-refractivity contribution < 1.29 is 5.11 Å². The topological polar surface area (TPSA) is 19.9 Å². The smallest absolute Gasteiger partial charge is 0.115 e. The fourth-order valence-electron chi connectivity index (χ4n) is 1.44. The van der Waals surface area contributed by atoms with Crippen LogP contribution in [0.3, 0.4) is 0 Å². The second-order valence-corrected chi connectivity index (χ2v) is 3.99. The molecular weight excluding hydrogens is 160 g/mol. The largest absolute Gasteiger partial charge is 0.228 e. The van der Waals surface area contributed by atoms with Gasteiger partial charge in [0.05, 0.1) is 0 Å². The van der Waals surface area contributed by atoms with Gasteiger partial charge in [-0.3, -0.25) is 0 Å². The van der Waals surface area contributed by atoms with Gasteiger partial charge in [-0.15, -0.1) is 0 Å². The van der Waals surface area contributed by atoms with Crippen LogP contribution < -0.4 is 0 Å². The number of hydrogen-bond donors (Lipinski definition) is 0. The molecule has 0 saturated carbocycles. The van der Waals surface area contributed by atoms with Gasteiger partial charge < -0.3 is 0 Å². The van der Waals surface area contributed by atoms with Crippen molar-refractivity contribution in [2.75, 3.05) is 0 Å². The maximum atomic E-state index is 11.2. The third-order valence-electron chi connectivity index (χ3n) is 2.06. The van der Waals surface area contributed by atoms with Crippen LogP contribution in [0.5, 0.6) is 0 Å². The Hall–Kier alpha value is -0.820. The van der Waals surface area contributed by atoms with Crippen molar-refractivity contribution in [2.45, 2.75) is 33.3 Å². The molecular formula is C12H17O. The first-order chi connectivity index (χ1) is 6.09. The lowest BCUT2D eigenvalue weighted by atomic mass is 10.00. The summed E-state index contributed by atoms with van der Waals surface area (Å²) in [5, 5.41) is 11.2. The molecule has 1 rings (SSSR count). The minimum atomic E-state index is -0.605. The summed E-state index contributed by atoms with van der Waals surface area (Å²) in [7, 11) is 0. The van der Waals surface area contributed by atoms with Crippen molar-refractivity contribution >= 4 is 0 Å². The molecule has 0 bridgehead atoms. The second kappa shape index (κ2) is 4.43. The number of benzene rings is 1. The zero-order valence-corrected chi connectivity index (χ0v) is 8.58. The Labute approximate surface area is 80.4 Å². The van der Waals surface area contributed by atoms with Crippen molar-refractivity contribution in [1.82, 2.24) is 0 Å². The summed E-state index contributed by atoms with van der Waals surface area (Å²) < 4.78 is 0. The van der Waals surface area contributed by atoms with E-state index in [-0.39, 0.29) is 0 Å². The Morgan fingerprint density at radius 3 is 2.46 bits per heavy atom. The van der Waals surface area contributed by atoms with Crippen molar-refractivity contribution in [1.29, 1.82) is 0 Å². The molecule has 0 aromatic heterocycles. The molecule has 1 aromatic rings. The van der Waals surface area contributed by atoms with Crippen LogP contribution in [-0.4, -0.2) is 0 Å². The van der Waals surface area contributed by atoms with Gasteiger partial charge in [0.1, 0.15) is 6.10 Å². The van der Waals surface area contributed by atoms with E-state index in [1.165, 1.54) is 5.56 Å². The van der Waals surface area contributed by atoms with Gasteiger partial charge in [0.25, 0.3) is 0 Å². The zero-order chi connectivity index (χ0) is 9.84. The Morgan fingerprint density at radius 1 is 1.23 bits per heavy atom. The summed E-state index contributed by atoms with van der Waals surface area (Å²) in [6.07, 6.45) is 0.452. The standard InChI is InChI=1S/C12H17O/c1-9(2)7-11-5-4-6-12(8-11)10(3)13/h4-6,8-10H,7H2,1-3H3. The lowest BCUT2D eigenvalue weighted by molar-refractivity contribution is 0.106. The molecule has 0 heterocycles. The average molecular weight is 177 g/mol. The van der Waals surface area contributed by atoms with E-state index in [0.29, 0.717) is 5.92 Å². The van der Waals surface area contributed by atoms with Crippen LogP contribution in [0, 0.1) is 5.92 Å². The molecule has 71 valence electrons. The summed E-state index contributed by atoms with van der Waals surface area (Å²) in [4.78, 5) is 0. The maximum Gasteiger partial charge on any atom is 0.115 e. The highest BCUT2D eigenvalue weighted by molar-refractivity contribution is 5.25. The van der Waals surface area contributed by atoms with Gasteiger partial charge in [-0.05, 0) is 30.4 Å². The van der Waals surface area contributed by atoms with E-state index in [2.05, 4.69) is 19.9 Å². The first-order valence-electron chi connectivity index (χ1n) is 4.84. The van der Waals surface area contributed by atoms with Gasteiger partial charge in [-0.1, -0.05) is 38.1 Å². The molecule has 13 heavy (non-hydrogen) atoms. The first kappa shape index (κ1) is 10.3. The molecule has 1 heteroatoms. The lowest BCUT2D eigenvalue weighted by Gasteiger charge is -2.07. The van der Waals surface area contributed by atoms with Gasteiger partial charge >= 0.3 is 0 Å². The minimum absolute atomic E-state index is 0.605. The monoisotopic (exact) mass is 177 g/mol. The summed E-state index contributed by atoms with van der Waals surface area (Å²) in [5.74, 6) is 0.650. The summed E-state index contributed by atoms with van der Waals surface area (Å²) in [6, 6.07) is 7.99. The van der Waals surface area contributed by atoms with Gasteiger partial charge in [-0.25, -0.2) is 5.11 Å². The fourth-order valence-corrected chi connectivity index (χ4v) is 1.44. The number of rotatable bonds is 3. The van der Waals surface area contributed by atoms with Crippen molar-refractivity contribution in [3.05, 3.63) is 35.4 Å². The Morgan fingerprint density at radius 2 is 1.92 bits per heavy atom. The van der Waals surface area contributed by atoms with E-state index in [1.54, 1.807) is 6.92 Å². The van der Waals surface area contributed by atoms with Crippen molar-refractivity contribution in [2.24, 2.45) is 5.92 Å². The molecule has 0 saturated heterocycles. The zero-order valence-electron chi connectivity index (χ0n) is 8.58. The van der Waals surface area contributed by atoms with Crippen LogP contribution >= 0.6 is 0 Å². The minimum Gasteiger partial charge on any atom is -0.228 e. The van der Waals surface area contributed by atoms with E-state index < -0.39 is 6.10 Å². The van der Waals surface area contributed by atoms with Crippen LogP contribution in [0.15, 0.2) is 24.3 Å². The molecule has 0 aliphatic heterocycles. The first-order valence-corrected chi connectivity index (χ1v) is 4.84. The van der Waals surface area contributed by atoms with Crippen LogP contribution in [0.1, 0.15) is 38.0 Å². The molecule has 0 aliphatic carbocycles. The maximum absolute atomic E-state index is 11.2. The van der Waals surface area contributed by atoms with Crippen LogP contribution in [0.4, 0.5) is 0 Å². The third kappa shape index (κ3) is 3.19. The predicted octanol–water partition coefficient (Wildman–Crippen LogP) is 3.38. The molecule has 1 unspecified atom stereocenters. The van der Waals surface area contributed by atoms with E-state index >= 15 is 0 Å². The highest BCUT2D eigenvalue weighted by Gasteiger charge is 2.03. The molecule has 0 fully saturated rings. The van der Waals surface area contributed by atoms with Gasteiger partial charge in [-0.2, -0.15) is 0 Å². The normalized spacial score (nSPS) is 13.3. The quantitative estimate of drug-likeness (QED) is 0.674. The SMILES string of the molecule is CC(C)Cc1cccc(C(C)[O])c1. The van der Waals surface area contributed by atoms with Gasteiger partial charge in [0, 0.05) is 0 Å². The second-order valence-electron chi connectivity index (χ2n) is 3.99. The fraction of sp³-hybridized carbons (Fsp3) is 0.500. The Bertz CT molecular complexity index is 264. The third-order valence-corrected chi connectivity index (χ3v) is 2.06. The Kier molecular flexibility index (Phi) is 3.49. The van der Waals surface area contributed by atoms with Crippen LogP contribution in [0.25, 0.3) is 0 Å². The molecule has 0 amide bonds. The van der Waals surface area contributed by atoms with Gasteiger partial charge in [0.2, 0.25) is 0 Å². The molecule has 0 aliphatic rings. The molecule has 1 aromatic carbocycles. The van der Waals surface area contributed by atoms with E-state index in [9.17, 15) is 5.11 Å². The van der Waals surface area contributed by atoms with Crippen molar-refractivity contribution in [3.8, 4) is 0 Å². The highest BCUT2D eigenvalue weighted by Crippen LogP contribution is 2.16. The molecule has 1 radical (unpaired) electrons. The van der Waals surface area contributed by atoms with E-state index in [4.69, 9.17) is 0 Å². The highest BCUT2D eigenvalue weighted by atomic mass is 16.3. The van der Waals surface area contributed by atoms with Crippen LogP contribution in [-0.2, 0) is 11.5 Å². The Balaban J connectivity index is 2.79. The molecule has 0 N–H and O–H groups in total. The van der Waals surface area contributed by atoms with E-state index in [1.807, 2.05) is 18.2 Å². The average Bonchev–Trinajstić information content (AvgIpc) is 2.03. The summed E-state index contributed by atoms with van der Waals surface area (Å²) in [6.45, 7) is 6.06. The summed E-state index contributed by atoms with van der Waals surface area (Å²) in [5.41, 5.74) is 2.17. The molecule has 0 spiro atoms. The molecule has 1 nitrogen and oxygen atoms in total. The molecule has 1 atom stereocenters. The van der Waals surface area contributed by atoms with E-state index in [0.717, 1.165) is 12.0 Å². The van der Waals surface area contributed by atoms with Gasteiger partial charge in [0.15, 0.2) is 0 Å². The predicted molar refractivity (Wildman–Crippen MR) is 54.1 cm³/mol. The van der Waals surface area contributed by atoms with Crippen LogP contribution in [0.2, 0.25) is 0 Å². The lowest BCUT2D eigenvalue weighted by Crippen LogP contribution is -1.96.